The van der Waals surface area contributed by atoms with Crippen LogP contribution in [0.1, 0.15) is 78.1 Å². The normalized spacial score (nSPS) is 22.3. The van der Waals surface area contributed by atoms with E-state index in [-0.39, 0.29) is 47.2 Å². The van der Waals surface area contributed by atoms with Gasteiger partial charge in [0, 0.05) is 38.3 Å². The molecule has 0 radical (unpaired) electrons. The highest BCUT2D eigenvalue weighted by molar-refractivity contribution is 7.91. The van der Waals surface area contributed by atoms with E-state index in [0.717, 1.165) is 51.4 Å². The Hall–Kier alpha value is -1.56. The molecule has 0 bridgehead atoms. The van der Waals surface area contributed by atoms with Crippen LogP contribution in [-0.4, -0.2) is 100.0 Å². The Kier molecular flexibility index (Phi) is 12.8. The molecular weight excluding hydrogens is 504 g/mol. The number of amides is 4. The van der Waals surface area contributed by atoms with Crippen LogP contribution in [0, 0.1) is 0 Å². The van der Waals surface area contributed by atoms with Crippen LogP contribution in [0.15, 0.2) is 0 Å². The van der Waals surface area contributed by atoms with Gasteiger partial charge in [-0.05, 0) is 38.5 Å². The molecule has 0 spiro atoms. The van der Waals surface area contributed by atoms with Crippen LogP contribution >= 0.6 is 0 Å². The lowest BCUT2D eigenvalue weighted by Gasteiger charge is -2.28. The van der Waals surface area contributed by atoms with Gasteiger partial charge in [0.1, 0.15) is 0 Å². The molecule has 0 aromatic rings. The van der Waals surface area contributed by atoms with E-state index >= 15 is 0 Å². The zero-order chi connectivity index (χ0) is 26.6. The van der Waals surface area contributed by atoms with Crippen LogP contribution < -0.4 is 10.6 Å². The largest absolute Gasteiger partial charge is 0.338 e. The van der Waals surface area contributed by atoms with Crippen molar-refractivity contribution in [2.75, 3.05) is 49.2 Å². The molecule has 4 amide bonds. The standard InChI is InChI=1S/C24H46N4O6S2/c1-3-5-15-27(21-11-17-35(31,32)19-21)23(29)25-13-9-7-8-10-14-26-24(30)28(16-6-4-2)22-12-18-36(33,34)20-22/h21-22H,3-20H2,1-2H3,(H,25,29)(H,26,30)/t21-,22-/m1/s1. The summed E-state index contributed by atoms with van der Waals surface area (Å²) in [6.45, 7) is 6.31. The molecule has 12 heteroatoms. The van der Waals surface area contributed by atoms with Crippen molar-refractivity contribution in [3.8, 4) is 0 Å². The number of carbonyl (C=O) groups excluding carboxylic acids is 2. The van der Waals surface area contributed by atoms with Crippen molar-refractivity contribution in [2.24, 2.45) is 0 Å². The van der Waals surface area contributed by atoms with Crippen LogP contribution in [0.5, 0.6) is 0 Å². The molecule has 2 N–H and O–H groups in total. The minimum absolute atomic E-state index is 0.0578. The van der Waals surface area contributed by atoms with E-state index in [4.69, 9.17) is 0 Å². The molecule has 2 aliphatic rings. The fourth-order valence-corrected chi connectivity index (χ4v) is 8.26. The number of sulfone groups is 2. The van der Waals surface area contributed by atoms with Crippen LogP contribution in [0.4, 0.5) is 9.59 Å². The van der Waals surface area contributed by atoms with Crippen LogP contribution in [0.2, 0.25) is 0 Å². The predicted molar refractivity (Wildman–Crippen MR) is 143 cm³/mol. The van der Waals surface area contributed by atoms with Crippen molar-refractivity contribution in [2.45, 2.75) is 90.1 Å². The average Bonchev–Trinajstić information content (AvgIpc) is 3.36. The Labute approximate surface area is 217 Å². The molecule has 10 nitrogen and oxygen atoms in total. The summed E-state index contributed by atoms with van der Waals surface area (Å²) in [4.78, 5) is 28.7. The molecular formula is C24H46N4O6S2. The van der Waals surface area contributed by atoms with Gasteiger partial charge in [-0.15, -0.1) is 0 Å². The molecule has 0 saturated carbocycles. The van der Waals surface area contributed by atoms with E-state index in [1.165, 1.54) is 0 Å². The maximum absolute atomic E-state index is 12.7. The second-order valence-electron chi connectivity index (χ2n) is 10.1. The molecule has 36 heavy (non-hydrogen) atoms. The van der Waals surface area contributed by atoms with Crippen molar-refractivity contribution in [1.82, 2.24) is 20.4 Å². The van der Waals surface area contributed by atoms with Crippen molar-refractivity contribution < 1.29 is 26.4 Å². The molecule has 2 fully saturated rings. The lowest BCUT2D eigenvalue weighted by atomic mass is 10.2. The van der Waals surface area contributed by atoms with E-state index in [1.807, 2.05) is 13.8 Å². The summed E-state index contributed by atoms with van der Waals surface area (Å²) in [5.74, 6) is 0.422. The first-order valence-electron chi connectivity index (χ1n) is 13.6. The van der Waals surface area contributed by atoms with Gasteiger partial charge >= 0.3 is 12.1 Å². The van der Waals surface area contributed by atoms with E-state index in [1.54, 1.807) is 9.80 Å². The molecule has 0 aromatic carbocycles. The monoisotopic (exact) mass is 550 g/mol. The molecule has 2 atom stereocenters. The van der Waals surface area contributed by atoms with Gasteiger partial charge in [0.15, 0.2) is 19.7 Å². The molecule has 2 aliphatic heterocycles. The third-order valence-corrected chi connectivity index (χ3v) is 10.5. The Morgan fingerprint density at radius 2 is 1.06 bits per heavy atom. The van der Waals surface area contributed by atoms with Gasteiger partial charge in [0.05, 0.1) is 23.0 Å². The molecule has 0 unspecified atom stereocenters. The topological polar surface area (TPSA) is 133 Å². The minimum Gasteiger partial charge on any atom is -0.338 e. The number of nitrogens with zero attached hydrogens (tertiary/aromatic N) is 2. The van der Waals surface area contributed by atoms with Crippen molar-refractivity contribution in [1.29, 1.82) is 0 Å². The zero-order valence-corrected chi connectivity index (χ0v) is 23.7. The highest BCUT2D eigenvalue weighted by Gasteiger charge is 2.35. The highest BCUT2D eigenvalue weighted by Crippen LogP contribution is 2.20. The van der Waals surface area contributed by atoms with E-state index in [0.29, 0.717) is 39.0 Å². The van der Waals surface area contributed by atoms with Crippen LogP contribution in [0.25, 0.3) is 0 Å². The third kappa shape index (κ3) is 10.4. The van der Waals surface area contributed by atoms with E-state index < -0.39 is 19.7 Å². The van der Waals surface area contributed by atoms with Crippen molar-refractivity contribution in [3.63, 3.8) is 0 Å². The summed E-state index contributed by atoms with van der Waals surface area (Å²) in [6.07, 6.45) is 8.04. The first-order chi connectivity index (χ1) is 17.1. The van der Waals surface area contributed by atoms with Gasteiger partial charge in [-0.1, -0.05) is 39.5 Å². The fraction of sp³-hybridized carbons (Fsp3) is 0.917. The molecule has 2 saturated heterocycles. The van der Waals surface area contributed by atoms with Crippen LogP contribution in [0.3, 0.4) is 0 Å². The summed E-state index contributed by atoms with van der Waals surface area (Å²) in [5.41, 5.74) is 0. The van der Waals surface area contributed by atoms with Gasteiger partial charge in [0.25, 0.3) is 0 Å². The smallest absolute Gasteiger partial charge is 0.317 e. The van der Waals surface area contributed by atoms with Crippen LogP contribution in [-0.2, 0) is 19.7 Å². The number of carbonyl (C=O) groups is 2. The Morgan fingerprint density at radius 1 is 0.667 bits per heavy atom. The third-order valence-electron chi connectivity index (χ3n) is 6.98. The SMILES string of the molecule is CCCCN(C(=O)NCCCCCCNC(=O)N(CCCC)[C@@H]1CCS(=O)(=O)C1)[C@@H]1CCS(=O)(=O)C1. The molecule has 0 aromatic heterocycles. The maximum Gasteiger partial charge on any atom is 0.317 e. The second kappa shape index (κ2) is 15.0. The molecule has 2 rings (SSSR count). The Morgan fingerprint density at radius 3 is 1.36 bits per heavy atom. The van der Waals surface area contributed by atoms with Gasteiger partial charge in [-0.2, -0.15) is 0 Å². The number of rotatable bonds is 15. The van der Waals surface area contributed by atoms with Gasteiger partial charge < -0.3 is 20.4 Å². The molecule has 210 valence electrons. The van der Waals surface area contributed by atoms with Gasteiger partial charge in [-0.25, -0.2) is 26.4 Å². The quantitative estimate of drug-likeness (QED) is 0.301. The first kappa shape index (κ1) is 30.7. The second-order valence-corrected chi connectivity index (χ2v) is 14.5. The number of urea groups is 2. The Balaban J connectivity index is 1.64. The van der Waals surface area contributed by atoms with E-state index in [2.05, 4.69) is 10.6 Å². The number of hydrogen-bond acceptors (Lipinski definition) is 6. The van der Waals surface area contributed by atoms with Gasteiger partial charge in [-0.3, -0.25) is 0 Å². The molecule has 0 aliphatic carbocycles. The fourth-order valence-electron chi connectivity index (χ4n) is 4.80. The highest BCUT2D eigenvalue weighted by atomic mass is 32.2. The minimum atomic E-state index is -3.05. The predicted octanol–water partition coefficient (Wildman–Crippen LogP) is 2.54. The lowest BCUT2D eigenvalue weighted by Crippen LogP contribution is -2.47. The average molecular weight is 551 g/mol. The number of unbranched alkanes of at least 4 members (excludes halogenated alkanes) is 5. The van der Waals surface area contributed by atoms with E-state index in [9.17, 15) is 26.4 Å². The number of hydrogen-bond donors (Lipinski definition) is 2. The maximum atomic E-state index is 12.7. The molecule has 2 heterocycles. The summed E-state index contributed by atoms with van der Waals surface area (Å²) in [5, 5.41) is 5.89. The number of nitrogens with one attached hydrogen (secondary N) is 2. The Bertz CT molecular complexity index is 836. The van der Waals surface area contributed by atoms with Crippen molar-refractivity contribution in [3.05, 3.63) is 0 Å². The first-order valence-corrected chi connectivity index (χ1v) is 17.2. The lowest BCUT2D eigenvalue weighted by molar-refractivity contribution is 0.177. The summed E-state index contributed by atoms with van der Waals surface area (Å²) < 4.78 is 47.3. The zero-order valence-electron chi connectivity index (χ0n) is 22.0. The summed E-state index contributed by atoms with van der Waals surface area (Å²) in [6, 6.07) is -0.824. The summed E-state index contributed by atoms with van der Waals surface area (Å²) >= 11 is 0. The summed E-state index contributed by atoms with van der Waals surface area (Å²) in [7, 11) is -6.09. The van der Waals surface area contributed by atoms with Crippen molar-refractivity contribution >= 4 is 31.7 Å². The van der Waals surface area contributed by atoms with Gasteiger partial charge in [0.2, 0.25) is 0 Å².